The number of hydrogen-bond acceptors (Lipinski definition) is 4. The van der Waals surface area contributed by atoms with Gasteiger partial charge in [-0.2, -0.15) is 0 Å². The molecule has 1 aliphatic carbocycles. The highest BCUT2D eigenvalue weighted by molar-refractivity contribution is 5.51. The van der Waals surface area contributed by atoms with Gasteiger partial charge in [0.15, 0.2) is 11.5 Å². The van der Waals surface area contributed by atoms with Crippen LogP contribution < -0.4 is 15.2 Å². The van der Waals surface area contributed by atoms with Crippen LogP contribution in [0.1, 0.15) is 17.9 Å². The van der Waals surface area contributed by atoms with E-state index in [0.29, 0.717) is 6.54 Å². The largest absolute Gasteiger partial charge is 0.493 e. The van der Waals surface area contributed by atoms with Gasteiger partial charge in [-0.15, -0.1) is 0 Å². The molecule has 0 aromatic heterocycles. The van der Waals surface area contributed by atoms with E-state index in [0.717, 1.165) is 23.5 Å². The molecule has 0 unspecified atom stereocenters. The van der Waals surface area contributed by atoms with Gasteiger partial charge >= 0.3 is 0 Å². The molecule has 2 rings (SSSR count). The van der Waals surface area contributed by atoms with Gasteiger partial charge in [0, 0.05) is 17.5 Å². The molecular weight excluding hydrogens is 218 g/mol. The maximum Gasteiger partial charge on any atom is 0.164 e. The Labute approximate surface area is 101 Å². The second-order valence-electron chi connectivity index (χ2n) is 4.56. The van der Waals surface area contributed by atoms with Gasteiger partial charge in [-0.25, -0.2) is 0 Å². The minimum Gasteiger partial charge on any atom is -0.493 e. The summed E-state index contributed by atoms with van der Waals surface area (Å²) < 4.78 is 10.7. The molecule has 0 heterocycles. The third kappa shape index (κ3) is 1.87. The van der Waals surface area contributed by atoms with Gasteiger partial charge in [-0.05, 0) is 18.4 Å². The van der Waals surface area contributed by atoms with Gasteiger partial charge < -0.3 is 20.3 Å². The molecule has 3 N–H and O–H groups in total. The van der Waals surface area contributed by atoms with Gasteiger partial charge in [-0.3, -0.25) is 0 Å². The number of aliphatic hydroxyl groups is 1. The molecule has 0 aliphatic heterocycles. The number of nitrogens with two attached hydrogens (primary N) is 1. The number of benzene rings is 1. The lowest BCUT2D eigenvalue weighted by Gasteiger charge is -2.15. The summed E-state index contributed by atoms with van der Waals surface area (Å²) in [5, 5.41) is 9.43. The van der Waals surface area contributed by atoms with Crippen LogP contribution in [0.2, 0.25) is 0 Å². The van der Waals surface area contributed by atoms with Crippen molar-refractivity contribution in [3.05, 3.63) is 23.8 Å². The first kappa shape index (κ1) is 12.2. The minimum absolute atomic E-state index is 0.120. The van der Waals surface area contributed by atoms with E-state index >= 15 is 0 Å². The van der Waals surface area contributed by atoms with Crippen molar-refractivity contribution in [2.24, 2.45) is 11.1 Å². The average Bonchev–Trinajstić information content (AvgIpc) is 3.12. The van der Waals surface area contributed by atoms with Crippen LogP contribution in [0.15, 0.2) is 18.2 Å². The Morgan fingerprint density at radius 1 is 1.41 bits per heavy atom. The van der Waals surface area contributed by atoms with Crippen LogP contribution >= 0.6 is 0 Å². The standard InChI is InChI=1S/C13H19NO3/c1-16-11-5-3-4-9(12(11)17-2)10-6-13(10,7-14)8-15/h3-5,10,15H,6-8,14H2,1-2H3/t10-,13-/m0/s1. The molecule has 2 atom stereocenters. The second-order valence-corrected chi connectivity index (χ2v) is 4.56. The zero-order chi connectivity index (χ0) is 12.5. The van der Waals surface area contributed by atoms with Crippen molar-refractivity contribution in [2.75, 3.05) is 27.4 Å². The highest BCUT2D eigenvalue weighted by Gasteiger charge is 2.54. The lowest BCUT2D eigenvalue weighted by Crippen LogP contribution is -2.21. The number of methoxy groups -OCH3 is 2. The molecule has 0 amide bonds. The summed E-state index contributed by atoms with van der Waals surface area (Å²) in [6, 6.07) is 5.82. The fourth-order valence-corrected chi connectivity index (χ4v) is 2.44. The van der Waals surface area contributed by atoms with Gasteiger partial charge in [-0.1, -0.05) is 12.1 Å². The number of rotatable bonds is 5. The van der Waals surface area contributed by atoms with Crippen LogP contribution in [0.4, 0.5) is 0 Å². The van der Waals surface area contributed by atoms with Gasteiger partial charge in [0.05, 0.1) is 20.8 Å². The lowest BCUT2D eigenvalue weighted by molar-refractivity contribution is 0.211. The Hall–Kier alpha value is -1.26. The first-order valence-corrected chi connectivity index (χ1v) is 5.74. The Bertz CT molecular complexity index is 402. The van der Waals surface area contributed by atoms with Crippen molar-refractivity contribution < 1.29 is 14.6 Å². The first-order chi connectivity index (χ1) is 8.22. The quantitative estimate of drug-likeness (QED) is 0.805. The third-order valence-electron chi connectivity index (χ3n) is 3.72. The number of hydrogen-bond donors (Lipinski definition) is 2. The molecule has 1 aromatic rings. The van der Waals surface area contributed by atoms with Crippen molar-refractivity contribution in [2.45, 2.75) is 12.3 Å². The zero-order valence-electron chi connectivity index (χ0n) is 10.3. The summed E-state index contributed by atoms with van der Waals surface area (Å²) in [4.78, 5) is 0. The van der Waals surface area contributed by atoms with Gasteiger partial charge in [0.1, 0.15) is 0 Å². The van der Waals surface area contributed by atoms with Crippen LogP contribution in [-0.2, 0) is 0 Å². The fraction of sp³-hybridized carbons (Fsp3) is 0.538. The maximum absolute atomic E-state index is 9.43. The van der Waals surface area contributed by atoms with Gasteiger partial charge in [0.25, 0.3) is 0 Å². The van der Waals surface area contributed by atoms with E-state index in [2.05, 4.69) is 0 Å². The SMILES string of the molecule is COc1cccc([C@@H]2C[C@]2(CN)CO)c1OC. The van der Waals surface area contributed by atoms with E-state index in [1.54, 1.807) is 14.2 Å². The van der Waals surface area contributed by atoms with E-state index in [9.17, 15) is 5.11 Å². The molecule has 0 saturated heterocycles. The highest BCUT2D eigenvalue weighted by Crippen LogP contribution is 2.60. The van der Waals surface area contributed by atoms with E-state index in [4.69, 9.17) is 15.2 Å². The molecule has 1 aliphatic rings. The van der Waals surface area contributed by atoms with Crippen LogP contribution in [0.25, 0.3) is 0 Å². The molecule has 1 aromatic carbocycles. The molecule has 0 bridgehead atoms. The van der Waals surface area contributed by atoms with Crippen LogP contribution in [0, 0.1) is 5.41 Å². The third-order valence-corrected chi connectivity index (χ3v) is 3.72. The highest BCUT2D eigenvalue weighted by atomic mass is 16.5. The summed E-state index contributed by atoms with van der Waals surface area (Å²) in [5.41, 5.74) is 6.65. The summed E-state index contributed by atoms with van der Waals surface area (Å²) in [7, 11) is 3.25. The second kappa shape index (κ2) is 4.55. The van der Waals surface area contributed by atoms with Crippen molar-refractivity contribution in [3.8, 4) is 11.5 Å². The molecule has 94 valence electrons. The Balaban J connectivity index is 2.34. The van der Waals surface area contributed by atoms with Crippen LogP contribution in [-0.4, -0.2) is 32.5 Å². The van der Waals surface area contributed by atoms with Crippen LogP contribution in [0.3, 0.4) is 0 Å². The summed E-state index contributed by atoms with van der Waals surface area (Å²) in [6.07, 6.45) is 0.906. The van der Waals surface area contributed by atoms with E-state index in [-0.39, 0.29) is 17.9 Å². The molecule has 0 radical (unpaired) electrons. The lowest BCUT2D eigenvalue weighted by atomic mass is 9.99. The average molecular weight is 237 g/mol. The number of ether oxygens (including phenoxy) is 2. The number of para-hydroxylation sites is 1. The topological polar surface area (TPSA) is 64.7 Å². The van der Waals surface area contributed by atoms with Crippen molar-refractivity contribution in [3.63, 3.8) is 0 Å². The smallest absolute Gasteiger partial charge is 0.164 e. The first-order valence-electron chi connectivity index (χ1n) is 5.74. The fourth-order valence-electron chi connectivity index (χ4n) is 2.44. The molecular formula is C13H19NO3. The Morgan fingerprint density at radius 3 is 2.65 bits per heavy atom. The zero-order valence-corrected chi connectivity index (χ0v) is 10.3. The van der Waals surface area contributed by atoms with E-state index in [1.165, 1.54) is 0 Å². The molecule has 4 nitrogen and oxygen atoms in total. The molecule has 0 spiro atoms. The van der Waals surface area contributed by atoms with E-state index < -0.39 is 0 Å². The monoisotopic (exact) mass is 237 g/mol. The normalized spacial score (nSPS) is 26.7. The molecule has 4 heteroatoms. The number of aliphatic hydroxyl groups excluding tert-OH is 1. The van der Waals surface area contributed by atoms with Crippen molar-refractivity contribution in [1.29, 1.82) is 0 Å². The molecule has 17 heavy (non-hydrogen) atoms. The predicted molar refractivity (Wildman–Crippen MR) is 65.5 cm³/mol. The van der Waals surface area contributed by atoms with Crippen molar-refractivity contribution >= 4 is 0 Å². The Morgan fingerprint density at radius 2 is 2.18 bits per heavy atom. The van der Waals surface area contributed by atoms with Gasteiger partial charge in [0.2, 0.25) is 0 Å². The minimum atomic E-state index is -0.167. The Kier molecular flexibility index (Phi) is 3.26. The summed E-state index contributed by atoms with van der Waals surface area (Å²) in [6.45, 7) is 0.614. The van der Waals surface area contributed by atoms with Crippen molar-refractivity contribution in [1.82, 2.24) is 0 Å². The van der Waals surface area contributed by atoms with E-state index in [1.807, 2.05) is 18.2 Å². The van der Waals surface area contributed by atoms with Crippen LogP contribution in [0.5, 0.6) is 11.5 Å². The molecule has 1 saturated carbocycles. The predicted octanol–water partition coefficient (Wildman–Crippen LogP) is 1.13. The summed E-state index contributed by atoms with van der Waals surface area (Å²) >= 11 is 0. The maximum atomic E-state index is 9.43. The summed E-state index contributed by atoms with van der Waals surface area (Å²) in [5.74, 6) is 1.74. The molecule has 1 fully saturated rings.